The molecule has 0 aliphatic heterocycles. The van der Waals surface area contributed by atoms with E-state index in [2.05, 4.69) is 9.97 Å². The largest absolute Gasteiger partial charge is 0.383 e. The molecule has 4 aromatic rings. The predicted molar refractivity (Wildman–Crippen MR) is 103 cm³/mol. The Labute approximate surface area is 154 Å². The number of thiazole rings is 1. The van der Waals surface area contributed by atoms with Gasteiger partial charge in [0.15, 0.2) is 0 Å². The maximum Gasteiger partial charge on any atom is 0.126 e. The van der Waals surface area contributed by atoms with Crippen LogP contribution in [0.15, 0.2) is 61.1 Å². The molecule has 0 fully saturated rings. The van der Waals surface area contributed by atoms with Crippen molar-refractivity contribution in [2.75, 3.05) is 5.73 Å². The molecule has 0 spiro atoms. The van der Waals surface area contributed by atoms with Crippen molar-refractivity contribution in [1.29, 1.82) is 0 Å². The van der Waals surface area contributed by atoms with Crippen LogP contribution in [0, 0.1) is 12.7 Å². The maximum absolute atomic E-state index is 13.3. The molecule has 1 aromatic carbocycles. The average Bonchev–Trinajstić information content (AvgIpc) is 3.11. The second kappa shape index (κ2) is 6.65. The number of benzene rings is 1. The van der Waals surface area contributed by atoms with E-state index < -0.39 is 0 Å². The summed E-state index contributed by atoms with van der Waals surface area (Å²) in [5.41, 5.74) is 10.4. The number of halogens is 1. The molecule has 0 amide bonds. The van der Waals surface area contributed by atoms with Crippen LogP contribution in [0.4, 0.5) is 10.2 Å². The maximum atomic E-state index is 13.3. The monoisotopic (exact) mass is 362 g/mol. The molecule has 0 saturated carbocycles. The van der Waals surface area contributed by atoms with E-state index in [9.17, 15) is 4.39 Å². The van der Waals surface area contributed by atoms with Crippen LogP contribution in [-0.4, -0.2) is 15.0 Å². The summed E-state index contributed by atoms with van der Waals surface area (Å²) in [6.45, 7) is 1.92. The molecule has 0 radical (unpaired) electrons. The van der Waals surface area contributed by atoms with E-state index in [4.69, 9.17) is 10.7 Å². The quantitative estimate of drug-likeness (QED) is 0.559. The van der Waals surface area contributed by atoms with Gasteiger partial charge in [-0.2, -0.15) is 0 Å². The molecule has 4 nitrogen and oxygen atoms in total. The van der Waals surface area contributed by atoms with Crippen LogP contribution in [0.3, 0.4) is 0 Å². The van der Waals surface area contributed by atoms with Crippen LogP contribution in [0.1, 0.15) is 5.56 Å². The number of pyridine rings is 2. The van der Waals surface area contributed by atoms with Gasteiger partial charge in [0.2, 0.25) is 0 Å². The molecule has 0 aliphatic carbocycles. The number of nitrogens with zero attached hydrogens (tertiary/aromatic N) is 3. The third-order valence-corrected chi connectivity index (χ3v) is 5.21. The lowest BCUT2D eigenvalue weighted by molar-refractivity contribution is 0.628. The first kappa shape index (κ1) is 16.4. The van der Waals surface area contributed by atoms with Crippen molar-refractivity contribution >= 4 is 17.2 Å². The number of rotatable bonds is 3. The Balaban J connectivity index is 1.90. The molecular weight excluding hydrogens is 347 g/mol. The standard InChI is InChI=1S/C20H15FN4S/c1-12-10-15(11-24-19(12)22)17-18(13-6-8-23-9-7-13)26-20(25-17)14-2-4-16(21)5-3-14/h2-11H,1H3,(H2,22,24). The van der Waals surface area contributed by atoms with Crippen LogP contribution in [0.2, 0.25) is 0 Å². The van der Waals surface area contributed by atoms with Gasteiger partial charge in [0.1, 0.15) is 16.6 Å². The molecule has 4 rings (SSSR count). The summed E-state index contributed by atoms with van der Waals surface area (Å²) in [6, 6.07) is 12.2. The minimum atomic E-state index is -0.266. The second-order valence-corrected chi connectivity index (χ2v) is 6.86. The van der Waals surface area contributed by atoms with E-state index in [0.29, 0.717) is 5.82 Å². The van der Waals surface area contributed by atoms with E-state index in [-0.39, 0.29) is 5.82 Å². The van der Waals surface area contributed by atoms with Crippen LogP contribution >= 0.6 is 11.3 Å². The molecule has 0 unspecified atom stereocenters. The van der Waals surface area contributed by atoms with Crippen molar-refractivity contribution in [2.45, 2.75) is 6.92 Å². The molecule has 128 valence electrons. The fraction of sp³-hybridized carbons (Fsp3) is 0.0500. The highest BCUT2D eigenvalue weighted by Crippen LogP contribution is 2.40. The lowest BCUT2D eigenvalue weighted by Gasteiger charge is -2.05. The molecule has 3 aromatic heterocycles. The van der Waals surface area contributed by atoms with E-state index >= 15 is 0 Å². The first-order valence-electron chi connectivity index (χ1n) is 8.01. The van der Waals surface area contributed by atoms with E-state index in [1.807, 2.05) is 25.1 Å². The van der Waals surface area contributed by atoms with Gasteiger partial charge in [0.25, 0.3) is 0 Å². The van der Waals surface area contributed by atoms with Crippen molar-refractivity contribution in [3.63, 3.8) is 0 Å². The number of hydrogen-bond acceptors (Lipinski definition) is 5. The number of hydrogen-bond donors (Lipinski definition) is 1. The third kappa shape index (κ3) is 3.07. The summed E-state index contributed by atoms with van der Waals surface area (Å²) in [4.78, 5) is 14.2. The number of aryl methyl sites for hydroxylation is 1. The highest BCUT2D eigenvalue weighted by molar-refractivity contribution is 7.19. The SMILES string of the molecule is Cc1cc(-c2nc(-c3ccc(F)cc3)sc2-c2ccncc2)cnc1N. The Morgan fingerprint density at radius 2 is 1.69 bits per heavy atom. The average molecular weight is 362 g/mol. The molecule has 0 bridgehead atoms. The minimum absolute atomic E-state index is 0.266. The highest BCUT2D eigenvalue weighted by atomic mass is 32.1. The molecule has 0 atom stereocenters. The van der Waals surface area contributed by atoms with Gasteiger partial charge >= 0.3 is 0 Å². The molecule has 0 aliphatic rings. The van der Waals surface area contributed by atoms with Crippen molar-refractivity contribution in [3.8, 4) is 32.3 Å². The Morgan fingerprint density at radius 1 is 0.962 bits per heavy atom. The normalized spacial score (nSPS) is 10.8. The summed E-state index contributed by atoms with van der Waals surface area (Å²) < 4.78 is 13.3. The Kier molecular flexibility index (Phi) is 4.18. The number of nitrogens with two attached hydrogens (primary N) is 1. The molecule has 0 saturated heterocycles. The predicted octanol–water partition coefficient (Wildman–Crippen LogP) is 4.96. The lowest BCUT2D eigenvalue weighted by atomic mass is 10.1. The first-order chi connectivity index (χ1) is 12.6. The Bertz CT molecular complexity index is 1060. The van der Waals surface area contributed by atoms with Crippen LogP contribution in [0.5, 0.6) is 0 Å². The fourth-order valence-corrected chi connectivity index (χ4v) is 3.74. The van der Waals surface area contributed by atoms with E-state index in [1.165, 1.54) is 12.1 Å². The van der Waals surface area contributed by atoms with Crippen LogP contribution in [0.25, 0.3) is 32.3 Å². The summed E-state index contributed by atoms with van der Waals surface area (Å²) in [5, 5.41) is 0.821. The van der Waals surface area contributed by atoms with Gasteiger partial charge in [-0.25, -0.2) is 14.4 Å². The topological polar surface area (TPSA) is 64.7 Å². The van der Waals surface area contributed by atoms with Crippen molar-refractivity contribution in [2.24, 2.45) is 0 Å². The molecular formula is C20H15FN4S. The minimum Gasteiger partial charge on any atom is -0.383 e. The summed E-state index contributed by atoms with van der Waals surface area (Å²) in [5.74, 6) is 0.242. The third-order valence-electron chi connectivity index (χ3n) is 4.05. The van der Waals surface area contributed by atoms with Crippen molar-refractivity contribution in [3.05, 3.63) is 72.4 Å². The van der Waals surface area contributed by atoms with Gasteiger partial charge in [-0.3, -0.25) is 4.98 Å². The van der Waals surface area contributed by atoms with Crippen LogP contribution in [-0.2, 0) is 0 Å². The number of anilines is 1. The van der Waals surface area contributed by atoms with Gasteiger partial charge < -0.3 is 5.73 Å². The van der Waals surface area contributed by atoms with Crippen molar-refractivity contribution in [1.82, 2.24) is 15.0 Å². The Morgan fingerprint density at radius 3 is 2.38 bits per heavy atom. The van der Waals surface area contributed by atoms with Crippen LogP contribution < -0.4 is 5.73 Å². The number of aromatic nitrogens is 3. The highest BCUT2D eigenvalue weighted by Gasteiger charge is 2.17. The number of nitrogen functional groups attached to an aromatic ring is 1. The van der Waals surface area contributed by atoms with Crippen molar-refractivity contribution < 1.29 is 4.39 Å². The van der Waals surface area contributed by atoms with E-state index in [0.717, 1.165) is 37.8 Å². The van der Waals surface area contributed by atoms with E-state index in [1.54, 1.807) is 42.1 Å². The zero-order valence-electron chi connectivity index (χ0n) is 14.0. The molecule has 3 heterocycles. The smallest absolute Gasteiger partial charge is 0.126 e. The lowest BCUT2D eigenvalue weighted by Crippen LogP contribution is -1.94. The summed E-state index contributed by atoms with van der Waals surface area (Å²) in [6.07, 6.45) is 5.24. The van der Waals surface area contributed by atoms with Gasteiger partial charge in [0, 0.05) is 29.7 Å². The molecule has 6 heteroatoms. The molecule has 2 N–H and O–H groups in total. The van der Waals surface area contributed by atoms with Gasteiger partial charge in [-0.15, -0.1) is 11.3 Å². The Hall–Kier alpha value is -3.12. The fourth-order valence-electron chi connectivity index (χ4n) is 2.65. The molecule has 26 heavy (non-hydrogen) atoms. The van der Waals surface area contributed by atoms with Gasteiger partial charge in [0.05, 0.1) is 10.6 Å². The van der Waals surface area contributed by atoms with Gasteiger partial charge in [-0.1, -0.05) is 0 Å². The first-order valence-corrected chi connectivity index (χ1v) is 8.83. The zero-order valence-corrected chi connectivity index (χ0v) is 14.8. The second-order valence-electron chi connectivity index (χ2n) is 5.87. The van der Waals surface area contributed by atoms with Gasteiger partial charge in [-0.05, 0) is 60.5 Å². The zero-order chi connectivity index (χ0) is 18.1. The summed E-state index contributed by atoms with van der Waals surface area (Å²) in [7, 11) is 0. The summed E-state index contributed by atoms with van der Waals surface area (Å²) >= 11 is 1.56.